The van der Waals surface area contributed by atoms with Crippen LogP contribution in [0.25, 0.3) is 0 Å². The van der Waals surface area contributed by atoms with Crippen LogP contribution in [0.1, 0.15) is 85.1 Å². The Balaban J connectivity index is 3.33. The number of carbonyl (C=O) groups is 1. The van der Waals surface area contributed by atoms with Crippen molar-refractivity contribution in [1.82, 2.24) is 0 Å². The summed E-state index contributed by atoms with van der Waals surface area (Å²) < 4.78 is 10.8. The molecule has 0 atom stereocenters. The van der Waals surface area contributed by atoms with Crippen LogP contribution in [0.5, 0.6) is 0 Å². The molecule has 0 unspecified atom stereocenters. The maximum absolute atomic E-state index is 13.3. The molecule has 0 aromatic heterocycles. The van der Waals surface area contributed by atoms with Gasteiger partial charge in [0.2, 0.25) is 0 Å². The number of aryl methyl sites for hydroxylation is 1. The number of esters is 1. The van der Waals surface area contributed by atoms with Gasteiger partial charge >= 0.3 is 185 Å². The number of carbonyl (C=O) groups excluding carboxylic acids is 1. The molecule has 29 heavy (non-hydrogen) atoms. The number of hydrogen-bond acceptors (Lipinski definition) is 2. The van der Waals surface area contributed by atoms with Crippen LogP contribution >= 0.6 is 0 Å². The molecule has 0 amide bonds. The zero-order chi connectivity index (χ0) is 21.5. The van der Waals surface area contributed by atoms with Gasteiger partial charge in [0.05, 0.1) is 0 Å². The van der Waals surface area contributed by atoms with E-state index in [0.717, 1.165) is 12.8 Å². The zero-order valence-corrected chi connectivity index (χ0v) is 22.5. The maximum atomic E-state index is 13.3. The second-order valence-electron chi connectivity index (χ2n) is 8.45. The van der Waals surface area contributed by atoms with E-state index in [1.54, 1.807) is 0 Å². The first kappa shape index (κ1) is 26.3. The Hall–Kier alpha value is -0.771. The van der Waals surface area contributed by atoms with Crippen LogP contribution < -0.4 is 0 Å². The number of allylic oxidation sites excluding steroid dienone is 1. The summed E-state index contributed by atoms with van der Waals surface area (Å²) in [6.45, 7) is 11.5. The number of unbranched alkanes of at least 4 members (excludes halogenated alkanes) is 3. The zero-order valence-electron chi connectivity index (χ0n) is 19.7. The Kier molecular flexibility index (Phi) is 13.7. The van der Waals surface area contributed by atoms with Crippen LogP contribution in [0.2, 0.25) is 13.3 Å². The van der Waals surface area contributed by atoms with Gasteiger partial charge in [-0.2, -0.15) is 0 Å². The van der Waals surface area contributed by atoms with Crippen molar-refractivity contribution in [3.63, 3.8) is 0 Å². The molecule has 0 fully saturated rings. The van der Waals surface area contributed by atoms with Gasteiger partial charge in [0, 0.05) is 0 Å². The summed E-state index contributed by atoms with van der Waals surface area (Å²) in [7, 11) is 0. The van der Waals surface area contributed by atoms with Crippen molar-refractivity contribution < 1.29 is 9.53 Å². The van der Waals surface area contributed by atoms with E-state index in [4.69, 9.17) is 4.74 Å². The molecule has 2 nitrogen and oxygen atoms in total. The van der Waals surface area contributed by atoms with Crippen LogP contribution in [-0.4, -0.2) is 31.0 Å². The molecule has 0 aliphatic heterocycles. The number of ether oxygens (including phenoxy) is 1. The quantitative estimate of drug-likeness (QED) is 0.137. The van der Waals surface area contributed by atoms with E-state index in [1.165, 1.54) is 66.6 Å². The molecular formula is C26H44O2Sn. The summed E-state index contributed by atoms with van der Waals surface area (Å²) in [5.74, 6) is 0.0252. The average molecular weight is 507 g/mol. The molecule has 0 heterocycles. The van der Waals surface area contributed by atoms with Crippen LogP contribution in [-0.2, 0) is 16.0 Å². The number of benzene rings is 1. The normalized spacial score (nSPS) is 12.6. The van der Waals surface area contributed by atoms with Crippen molar-refractivity contribution in [2.45, 2.75) is 99.3 Å². The third kappa shape index (κ3) is 8.86. The standard InChI is InChI=1S/C14H17O2.3C4H9.Sn/c1-3-16-14(15)11-12(2)9-10-13-7-5-4-6-8-13;3*1-3-4-2;/h4-8H,3,9-10H2,1-2H3;3*1,3-4H2,2H3;. The minimum absolute atomic E-state index is 0.0252. The molecule has 0 aliphatic rings. The van der Waals surface area contributed by atoms with Gasteiger partial charge in [-0.25, -0.2) is 0 Å². The molecular weight excluding hydrogens is 463 g/mol. The van der Waals surface area contributed by atoms with Gasteiger partial charge in [0.25, 0.3) is 0 Å². The number of rotatable bonds is 15. The van der Waals surface area contributed by atoms with E-state index in [1.807, 2.05) is 6.92 Å². The second-order valence-corrected chi connectivity index (χ2v) is 21.5. The average Bonchev–Trinajstić information content (AvgIpc) is 2.74. The predicted octanol–water partition coefficient (Wildman–Crippen LogP) is 7.89. The third-order valence-corrected chi connectivity index (χ3v) is 22.1. The second kappa shape index (κ2) is 15.1. The topological polar surface area (TPSA) is 26.3 Å². The fraction of sp³-hybridized carbons (Fsp3) is 0.654. The van der Waals surface area contributed by atoms with E-state index in [0.29, 0.717) is 6.61 Å². The fourth-order valence-corrected chi connectivity index (χ4v) is 21.9. The van der Waals surface area contributed by atoms with Crippen LogP contribution in [0.4, 0.5) is 0 Å². The summed E-state index contributed by atoms with van der Waals surface area (Å²) in [6, 6.07) is 10.7. The molecule has 0 saturated carbocycles. The molecule has 1 aromatic rings. The predicted molar refractivity (Wildman–Crippen MR) is 129 cm³/mol. The van der Waals surface area contributed by atoms with Crippen molar-refractivity contribution in [2.24, 2.45) is 0 Å². The summed E-state index contributed by atoms with van der Waals surface area (Å²) in [5.41, 5.74) is 2.68. The first-order valence-corrected chi connectivity index (χ1v) is 19.4. The van der Waals surface area contributed by atoms with Crippen molar-refractivity contribution in [3.8, 4) is 0 Å². The molecule has 0 bridgehead atoms. The van der Waals surface area contributed by atoms with Gasteiger partial charge in [0.15, 0.2) is 0 Å². The molecule has 0 radical (unpaired) electrons. The molecule has 0 aliphatic carbocycles. The van der Waals surface area contributed by atoms with E-state index in [9.17, 15) is 4.79 Å². The summed E-state index contributed by atoms with van der Waals surface area (Å²) in [6.07, 6.45) is 9.42. The Bertz CT molecular complexity index is 585. The summed E-state index contributed by atoms with van der Waals surface area (Å²) in [5, 5.41) is 0. The Morgan fingerprint density at radius 3 is 1.83 bits per heavy atom. The van der Waals surface area contributed by atoms with Crippen molar-refractivity contribution >= 4 is 24.3 Å². The monoisotopic (exact) mass is 508 g/mol. The van der Waals surface area contributed by atoms with Crippen LogP contribution in [0.3, 0.4) is 0 Å². The van der Waals surface area contributed by atoms with E-state index in [-0.39, 0.29) is 5.97 Å². The van der Waals surface area contributed by atoms with Gasteiger partial charge in [-0.05, 0) is 0 Å². The summed E-state index contributed by atoms with van der Waals surface area (Å²) >= 11 is -2.83. The van der Waals surface area contributed by atoms with Crippen LogP contribution in [0.15, 0.2) is 39.5 Å². The molecule has 0 saturated heterocycles. The summed E-state index contributed by atoms with van der Waals surface area (Å²) in [4.78, 5) is 13.3. The van der Waals surface area contributed by atoms with Crippen molar-refractivity contribution in [3.05, 3.63) is 45.1 Å². The van der Waals surface area contributed by atoms with Crippen LogP contribution in [0, 0.1) is 0 Å². The molecule has 1 aromatic carbocycles. The van der Waals surface area contributed by atoms with Gasteiger partial charge in [0.1, 0.15) is 0 Å². The number of hydrogen-bond donors (Lipinski definition) is 0. The van der Waals surface area contributed by atoms with Gasteiger partial charge in [-0.1, -0.05) is 0 Å². The van der Waals surface area contributed by atoms with Crippen molar-refractivity contribution in [2.75, 3.05) is 6.61 Å². The molecule has 0 spiro atoms. The molecule has 1 rings (SSSR count). The van der Waals surface area contributed by atoms with Gasteiger partial charge in [-0.3, -0.25) is 0 Å². The molecule has 164 valence electrons. The fourth-order valence-electron chi connectivity index (χ4n) is 4.44. The Morgan fingerprint density at radius 2 is 1.38 bits per heavy atom. The van der Waals surface area contributed by atoms with E-state index < -0.39 is 18.4 Å². The minimum atomic E-state index is -2.83. The Morgan fingerprint density at radius 1 is 0.862 bits per heavy atom. The SMILES string of the molecule is CCC[CH2][Sn]([CH2]CCC)([CH2]CCC)/[C](C(=O)OCC)=C(\C)CCc1ccccc1. The third-order valence-electron chi connectivity index (χ3n) is 6.09. The van der Waals surface area contributed by atoms with Crippen molar-refractivity contribution in [1.29, 1.82) is 0 Å². The first-order valence-electron chi connectivity index (χ1n) is 12.0. The molecule has 0 N–H and O–H groups in total. The Labute approximate surface area is 184 Å². The van der Waals surface area contributed by atoms with E-state index in [2.05, 4.69) is 58.0 Å². The van der Waals surface area contributed by atoms with Gasteiger partial charge < -0.3 is 0 Å². The first-order chi connectivity index (χ1) is 14.0. The van der Waals surface area contributed by atoms with Gasteiger partial charge in [-0.15, -0.1) is 0 Å². The molecule has 3 heteroatoms. The van der Waals surface area contributed by atoms with E-state index >= 15 is 0 Å².